The van der Waals surface area contributed by atoms with Crippen molar-refractivity contribution in [3.8, 4) is 0 Å². The molecule has 0 atom stereocenters. The van der Waals surface area contributed by atoms with Gasteiger partial charge in [0.15, 0.2) is 0 Å². The highest BCUT2D eigenvalue weighted by molar-refractivity contribution is 7.25. The lowest BCUT2D eigenvalue weighted by Crippen LogP contribution is -2.32. The average molecular weight is 367 g/mol. The number of aromatic nitrogens is 2. The Labute approximate surface area is 155 Å². The standard InChI is InChI=1S/C20H21N3O2S/c24-17(21-11-10-14-6-2-1-3-7-14)12-23-13-22-18-15-8-4-5-9-16(15)26-19(18)20(23)25/h4-6,8-9,13H,1-3,7,10-12H2,(H,21,24). The number of nitrogens with one attached hydrogen (secondary N) is 1. The van der Waals surface area contributed by atoms with Crippen LogP contribution in [0.4, 0.5) is 0 Å². The second-order valence-electron chi connectivity index (χ2n) is 6.66. The molecule has 6 heteroatoms. The van der Waals surface area contributed by atoms with Gasteiger partial charge in [0, 0.05) is 16.6 Å². The van der Waals surface area contributed by atoms with E-state index in [-0.39, 0.29) is 18.0 Å². The Morgan fingerprint density at radius 2 is 2.15 bits per heavy atom. The maximum Gasteiger partial charge on any atom is 0.271 e. The van der Waals surface area contributed by atoms with Crippen molar-refractivity contribution in [1.29, 1.82) is 0 Å². The second kappa shape index (κ2) is 7.41. The fourth-order valence-corrected chi connectivity index (χ4v) is 4.54. The maximum atomic E-state index is 12.7. The summed E-state index contributed by atoms with van der Waals surface area (Å²) in [5.41, 5.74) is 2.00. The van der Waals surface area contributed by atoms with Crippen LogP contribution in [0.15, 0.2) is 47.0 Å². The van der Waals surface area contributed by atoms with Crippen molar-refractivity contribution in [2.75, 3.05) is 6.54 Å². The molecule has 0 unspecified atom stereocenters. The molecule has 1 aliphatic rings. The Balaban J connectivity index is 1.45. The third kappa shape index (κ3) is 3.42. The lowest BCUT2D eigenvalue weighted by molar-refractivity contribution is -0.121. The first kappa shape index (κ1) is 17.0. The first-order valence-corrected chi connectivity index (χ1v) is 9.85. The minimum Gasteiger partial charge on any atom is -0.354 e. The Kier molecular flexibility index (Phi) is 4.84. The highest BCUT2D eigenvalue weighted by Gasteiger charge is 2.13. The molecule has 26 heavy (non-hydrogen) atoms. The SMILES string of the molecule is O=C(Cn1cnc2c(sc3ccccc32)c1=O)NCCC1=CCCCC1. The van der Waals surface area contributed by atoms with Gasteiger partial charge in [-0.15, -0.1) is 11.3 Å². The van der Waals surface area contributed by atoms with Crippen LogP contribution in [0.25, 0.3) is 20.3 Å². The lowest BCUT2D eigenvalue weighted by atomic mass is 9.97. The first-order valence-electron chi connectivity index (χ1n) is 9.03. The van der Waals surface area contributed by atoms with Gasteiger partial charge in [0.1, 0.15) is 11.2 Å². The van der Waals surface area contributed by atoms with Gasteiger partial charge in [0.2, 0.25) is 5.91 Å². The predicted molar refractivity (Wildman–Crippen MR) is 106 cm³/mol. The van der Waals surface area contributed by atoms with Crippen LogP contribution < -0.4 is 10.9 Å². The summed E-state index contributed by atoms with van der Waals surface area (Å²) in [6.07, 6.45) is 9.48. The Morgan fingerprint density at radius 3 is 3.00 bits per heavy atom. The molecule has 4 rings (SSSR count). The number of fused-ring (bicyclic) bond motifs is 3. The largest absolute Gasteiger partial charge is 0.354 e. The highest BCUT2D eigenvalue weighted by Crippen LogP contribution is 2.29. The Hall–Kier alpha value is -2.47. The zero-order valence-electron chi connectivity index (χ0n) is 14.5. The highest BCUT2D eigenvalue weighted by atomic mass is 32.1. The number of rotatable bonds is 5. The van der Waals surface area contributed by atoms with E-state index in [2.05, 4.69) is 16.4 Å². The fraction of sp³-hybridized carbons (Fsp3) is 0.350. The lowest BCUT2D eigenvalue weighted by Gasteiger charge is -2.13. The van der Waals surface area contributed by atoms with E-state index >= 15 is 0 Å². The molecule has 1 N–H and O–H groups in total. The van der Waals surface area contributed by atoms with Gasteiger partial charge in [-0.3, -0.25) is 14.2 Å². The number of carbonyl (C=O) groups is 1. The van der Waals surface area contributed by atoms with Gasteiger partial charge in [-0.2, -0.15) is 0 Å². The van der Waals surface area contributed by atoms with Crippen LogP contribution in [0.2, 0.25) is 0 Å². The zero-order chi connectivity index (χ0) is 17.9. The van der Waals surface area contributed by atoms with E-state index in [1.807, 2.05) is 24.3 Å². The van der Waals surface area contributed by atoms with Crippen LogP contribution in [0.1, 0.15) is 32.1 Å². The molecule has 0 aliphatic heterocycles. The maximum absolute atomic E-state index is 12.7. The third-order valence-corrected chi connectivity index (χ3v) is 5.97. The fourth-order valence-electron chi connectivity index (χ4n) is 3.43. The minimum atomic E-state index is -0.152. The summed E-state index contributed by atoms with van der Waals surface area (Å²) in [6, 6.07) is 7.85. The molecule has 3 aromatic rings. The average Bonchev–Trinajstić information content (AvgIpc) is 3.04. The van der Waals surface area contributed by atoms with Gasteiger partial charge in [0.05, 0.1) is 11.8 Å². The van der Waals surface area contributed by atoms with E-state index in [1.54, 1.807) is 0 Å². The van der Waals surface area contributed by atoms with Crippen molar-refractivity contribution in [2.45, 2.75) is 38.6 Å². The van der Waals surface area contributed by atoms with Crippen LogP contribution in [-0.4, -0.2) is 22.0 Å². The topological polar surface area (TPSA) is 64.0 Å². The summed E-state index contributed by atoms with van der Waals surface area (Å²) < 4.78 is 3.04. The molecular weight excluding hydrogens is 346 g/mol. The molecular formula is C20H21N3O2S. The first-order chi connectivity index (χ1) is 12.7. The minimum absolute atomic E-state index is 0.00899. The Bertz CT molecular complexity index is 1050. The summed E-state index contributed by atoms with van der Waals surface area (Å²) in [7, 11) is 0. The van der Waals surface area contributed by atoms with Gasteiger partial charge in [0.25, 0.3) is 5.56 Å². The van der Waals surface area contributed by atoms with Crippen molar-refractivity contribution >= 4 is 37.5 Å². The number of hydrogen-bond acceptors (Lipinski definition) is 4. The van der Waals surface area contributed by atoms with Crippen molar-refractivity contribution < 1.29 is 4.79 Å². The summed E-state index contributed by atoms with van der Waals surface area (Å²) in [6.45, 7) is 0.632. The van der Waals surface area contributed by atoms with Gasteiger partial charge >= 0.3 is 0 Å². The molecule has 0 spiro atoms. The van der Waals surface area contributed by atoms with E-state index < -0.39 is 0 Å². The van der Waals surface area contributed by atoms with Crippen LogP contribution in [0.3, 0.4) is 0 Å². The van der Waals surface area contributed by atoms with Crippen LogP contribution in [0.5, 0.6) is 0 Å². The van der Waals surface area contributed by atoms with E-state index in [0.29, 0.717) is 11.2 Å². The van der Waals surface area contributed by atoms with E-state index in [1.165, 1.54) is 40.6 Å². The molecule has 2 heterocycles. The van der Waals surface area contributed by atoms with Crippen molar-refractivity contribution in [2.24, 2.45) is 0 Å². The molecule has 2 aromatic heterocycles. The Morgan fingerprint density at radius 1 is 1.27 bits per heavy atom. The molecule has 1 aliphatic carbocycles. The number of nitrogens with zero attached hydrogens (tertiary/aromatic N) is 2. The van der Waals surface area contributed by atoms with Crippen LogP contribution >= 0.6 is 11.3 Å². The molecule has 5 nitrogen and oxygen atoms in total. The quantitative estimate of drug-likeness (QED) is 0.701. The van der Waals surface area contributed by atoms with E-state index in [4.69, 9.17) is 0 Å². The zero-order valence-corrected chi connectivity index (χ0v) is 15.3. The predicted octanol–water partition coefficient (Wildman–Crippen LogP) is 3.62. The van der Waals surface area contributed by atoms with Gasteiger partial charge in [-0.25, -0.2) is 4.98 Å². The van der Waals surface area contributed by atoms with Crippen LogP contribution in [-0.2, 0) is 11.3 Å². The van der Waals surface area contributed by atoms with Gasteiger partial charge < -0.3 is 5.32 Å². The van der Waals surface area contributed by atoms with Gasteiger partial charge in [-0.1, -0.05) is 29.8 Å². The van der Waals surface area contributed by atoms with E-state index in [0.717, 1.165) is 34.9 Å². The summed E-state index contributed by atoms with van der Waals surface area (Å²) in [5, 5.41) is 3.90. The molecule has 0 radical (unpaired) electrons. The number of hydrogen-bond donors (Lipinski definition) is 1. The number of thiophene rings is 1. The number of allylic oxidation sites excluding steroid dienone is 1. The molecule has 1 aromatic carbocycles. The van der Waals surface area contributed by atoms with Gasteiger partial charge in [-0.05, 0) is 38.2 Å². The smallest absolute Gasteiger partial charge is 0.271 e. The molecule has 134 valence electrons. The molecule has 1 amide bonds. The normalized spacial score (nSPS) is 14.5. The number of carbonyl (C=O) groups excluding carboxylic acids is 1. The van der Waals surface area contributed by atoms with Crippen molar-refractivity contribution in [1.82, 2.24) is 14.9 Å². The summed E-state index contributed by atoms with van der Waals surface area (Å²) >= 11 is 1.43. The van der Waals surface area contributed by atoms with Crippen LogP contribution in [0, 0.1) is 0 Å². The summed E-state index contributed by atoms with van der Waals surface area (Å²) in [4.78, 5) is 29.3. The van der Waals surface area contributed by atoms with Crippen molar-refractivity contribution in [3.63, 3.8) is 0 Å². The molecule has 0 fully saturated rings. The van der Waals surface area contributed by atoms with E-state index in [9.17, 15) is 9.59 Å². The molecule has 0 bridgehead atoms. The van der Waals surface area contributed by atoms with Crippen molar-refractivity contribution in [3.05, 3.63) is 52.6 Å². The second-order valence-corrected chi connectivity index (χ2v) is 7.71. The number of amides is 1. The summed E-state index contributed by atoms with van der Waals surface area (Å²) in [5.74, 6) is -0.147. The molecule has 0 saturated heterocycles. The molecule has 0 saturated carbocycles. The monoisotopic (exact) mass is 367 g/mol. The third-order valence-electron chi connectivity index (χ3n) is 4.82. The number of benzene rings is 1.